The Morgan fingerprint density at radius 2 is 1.64 bits per heavy atom. The van der Waals surface area contributed by atoms with Crippen molar-refractivity contribution in [1.82, 2.24) is 9.62 Å². The summed E-state index contributed by atoms with van der Waals surface area (Å²) in [6, 6.07) is 13.3. The second-order valence-corrected chi connectivity index (χ2v) is 8.17. The van der Waals surface area contributed by atoms with Gasteiger partial charge in [-0.25, -0.2) is 17.9 Å². The van der Waals surface area contributed by atoms with Crippen LogP contribution in [0.3, 0.4) is 0 Å². The van der Waals surface area contributed by atoms with E-state index in [4.69, 9.17) is 0 Å². The summed E-state index contributed by atoms with van der Waals surface area (Å²) in [6.45, 7) is 2.24. The van der Waals surface area contributed by atoms with Gasteiger partial charge in [0, 0.05) is 26.6 Å². The highest BCUT2D eigenvalue weighted by atomic mass is 32.2. The number of sulfonamides is 1. The molecule has 2 aromatic rings. The molecule has 0 radical (unpaired) electrons. The van der Waals surface area contributed by atoms with E-state index in [9.17, 15) is 18.0 Å². The Kier molecular flexibility index (Phi) is 7.31. The van der Waals surface area contributed by atoms with E-state index >= 15 is 0 Å². The molecule has 0 spiro atoms. The molecule has 1 N–H and O–H groups in total. The molecular formula is C20H24N2O5S. The molecule has 0 aliphatic heterocycles. The number of nitrogens with zero attached hydrogens (tertiary/aromatic N) is 1. The number of aryl methyl sites for hydroxylation is 1. The van der Waals surface area contributed by atoms with Gasteiger partial charge >= 0.3 is 5.97 Å². The lowest BCUT2D eigenvalue weighted by Gasteiger charge is -2.17. The predicted molar refractivity (Wildman–Crippen MR) is 105 cm³/mol. The first-order valence-electron chi connectivity index (χ1n) is 8.70. The number of amides is 1. The molecule has 0 bridgehead atoms. The Bertz CT molecular complexity index is 922. The van der Waals surface area contributed by atoms with Gasteiger partial charge in [0.25, 0.3) is 0 Å². The van der Waals surface area contributed by atoms with Crippen LogP contribution in [0.4, 0.5) is 0 Å². The molecule has 0 aliphatic rings. The van der Waals surface area contributed by atoms with E-state index < -0.39 is 16.0 Å². The van der Waals surface area contributed by atoms with Gasteiger partial charge in [0.1, 0.15) is 0 Å². The van der Waals surface area contributed by atoms with Gasteiger partial charge in [-0.05, 0) is 36.8 Å². The zero-order valence-corrected chi connectivity index (χ0v) is 17.0. The van der Waals surface area contributed by atoms with Gasteiger partial charge in [-0.3, -0.25) is 4.79 Å². The van der Waals surface area contributed by atoms with Crippen molar-refractivity contribution in [3.05, 3.63) is 65.2 Å². The summed E-state index contributed by atoms with van der Waals surface area (Å²) in [5.74, 6) is -0.611. The summed E-state index contributed by atoms with van der Waals surface area (Å²) in [5, 5.41) is 0. The monoisotopic (exact) mass is 404 g/mol. The zero-order chi connectivity index (χ0) is 20.7. The standard InChI is InChI=1S/C20H24N2O5S/c1-15-4-10-18(11-5-15)28(25,26)21-13-12-19(23)22(2)14-16-6-8-17(9-7-16)20(24)27-3/h4-11,21H,12-14H2,1-3H3. The lowest BCUT2D eigenvalue weighted by atomic mass is 10.1. The normalized spacial score (nSPS) is 11.1. The SMILES string of the molecule is COC(=O)c1ccc(CN(C)C(=O)CCNS(=O)(=O)c2ccc(C)cc2)cc1. The van der Waals surface area contributed by atoms with Crippen LogP contribution in [0.25, 0.3) is 0 Å². The fourth-order valence-corrected chi connectivity index (χ4v) is 3.54. The molecule has 8 heteroatoms. The quantitative estimate of drug-likeness (QED) is 0.680. The van der Waals surface area contributed by atoms with E-state index in [0.717, 1.165) is 11.1 Å². The Morgan fingerprint density at radius 3 is 2.21 bits per heavy atom. The Balaban J connectivity index is 1.85. The average Bonchev–Trinajstić information content (AvgIpc) is 2.68. The topological polar surface area (TPSA) is 92.8 Å². The molecule has 0 saturated heterocycles. The highest BCUT2D eigenvalue weighted by Gasteiger charge is 2.15. The second-order valence-electron chi connectivity index (χ2n) is 6.40. The van der Waals surface area contributed by atoms with E-state index in [-0.39, 0.29) is 23.8 Å². The maximum atomic E-state index is 12.3. The number of carbonyl (C=O) groups is 2. The van der Waals surface area contributed by atoms with Crippen molar-refractivity contribution < 1.29 is 22.7 Å². The highest BCUT2D eigenvalue weighted by molar-refractivity contribution is 7.89. The van der Waals surface area contributed by atoms with Crippen LogP contribution in [-0.4, -0.2) is 45.9 Å². The van der Waals surface area contributed by atoms with Crippen LogP contribution in [0.5, 0.6) is 0 Å². The number of benzene rings is 2. The number of carbonyl (C=O) groups excluding carboxylic acids is 2. The fourth-order valence-electron chi connectivity index (χ4n) is 2.51. The van der Waals surface area contributed by atoms with E-state index in [2.05, 4.69) is 9.46 Å². The van der Waals surface area contributed by atoms with Gasteiger partial charge in [-0.15, -0.1) is 0 Å². The van der Waals surface area contributed by atoms with Crippen LogP contribution in [0, 0.1) is 6.92 Å². The molecule has 0 unspecified atom stereocenters. The number of ether oxygens (including phenoxy) is 1. The number of nitrogens with one attached hydrogen (secondary N) is 1. The summed E-state index contributed by atoms with van der Waals surface area (Å²) >= 11 is 0. The molecule has 0 fully saturated rings. The third kappa shape index (κ3) is 5.90. The van der Waals surface area contributed by atoms with Gasteiger partial charge in [0.15, 0.2) is 0 Å². The predicted octanol–water partition coefficient (Wildman–Crippen LogP) is 2.11. The maximum Gasteiger partial charge on any atom is 0.337 e. The van der Waals surface area contributed by atoms with E-state index in [1.807, 2.05) is 6.92 Å². The van der Waals surface area contributed by atoms with Crippen LogP contribution >= 0.6 is 0 Å². The lowest BCUT2D eigenvalue weighted by molar-refractivity contribution is -0.130. The molecule has 7 nitrogen and oxygen atoms in total. The van der Waals surface area contributed by atoms with Crippen molar-refractivity contribution in [2.75, 3.05) is 20.7 Å². The minimum atomic E-state index is -3.64. The average molecular weight is 404 g/mol. The zero-order valence-electron chi connectivity index (χ0n) is 16.1. The molecule has 0 saturated carbocycles. The first-order chi connectivity index (χ1) is 13.2. The summed E-state index contributed by atoms with van der Waals surface area (Å²) < 4.78 is 31.5. The maximum absolute atomic E-state index is 12.3. The molecule has 0 aromatic heterocycles. The Labute approximate surface area is 165 Å². The fraction of sp³-hybridized carbons (Fsp3) is 0.300. The minimum Gasteiger partial charge on any atom is -0.465 e. The van der Waals surface area contributed by atoms with Crippen molar-refractivity contribution in [2.45, 2.75) is 24.8 Å². The molecule has 28 heavy (non-hydrogen) atoms. The van der Waals surface area contributed by atoms with Gasteiger partial charge in [-0.1, -0.05) is 29.8 Å². The first-order valence-corrected chi connectivity index (χ1v) is 10.2. The van der Waals surface area contributed by atoms with E-state index in [1.165, 1.54) is 24.1 Å². The van der Waals surface area contributed by atoms with Crippen molar-refractivity contribution >= 4 is 21.9 Å². The Morgan fingerprint density at radius 1 is 1.04 bits per heavy atom. The van der Waals surface area contributed by atoms with Crippen LogP contribution in [-0.2, 0) is 26.1 Å². The molecule has 0 heterocycles. The summed E-state index contributed by atoms with van der Waals surface area (Å²) in [7, 11) is -0.678. The molecule has 0 atom stereocenters. The summed E-state index contributed by atoms with van der Waals surface area (Å²) in [5.41, 5.74) is 2.25. The molecule has 2 aromatic carbocycles. The Hall–Kier alpha value is -2.71. The number of hydrogen-bond donors (Lipinski definition) is 1. The van der Waals surface area contributed by atoms with Gasteiger partial charge in [-0.2, -0.15) is 0 Å². The first kappa shape index (κ1) is 21.6. The van der Waals surface area contributed by atoms with Crippen LogP contribution in [0.2, 0.25) is 0 Å². The van der Waals surface area contributed by atoms with Gasteiger partial charge in [0.2, 0.25) is 15.9 Å². The smallest absolute Gasteiger partial charge is 0.337 e. The van der Waals surface area contributed by atoms with Gasteiger partial charge < -0.3 is 9.64 Å². The third-order valence-corrected chi connectivity index (χ3v) is 5.66. The van der Waals surface area contributed by atoms with Crippen molar-refractivity contribution in [2.24, 2.45) is 0 Å². The van der Waals surface area contributed by atoms with Crippen LogP contribution in [0.1, 0.15) is 27.9 Å². The van der Waals surface area contributed by atoms with Gasteiger partial charge in [0.05, 0.1) is 17.6 Å². The molecule has 150 valence electrons. The number of esters is 1. The second kappa shape index (κ2) is 9.48. The number of hydrogen-bond acceptors (Lipinski definition) is 5. The number of rotatable bonds is 8. The van der Waals surface area contributed by atoms with Crippen molar-refractivity contribution in [3.63, 3.8) is 0 Å². The van der Waals surface area contributed by atoms with E-state index in [1.54, 1.807) is 43.4 Å². The number of methoxy groups -OCH3 is 1. The summed E-state index contributed by atoms with van der Waals surface area (Å²) in [4.78, 5) is 25.4. The molecule has 1 amide bonds. The van der Waals surface area contributed by atoms with Crippen molar-refractivity contribution in [3.8, 4) is 0 Å². The van der Waals surface area contributed by atoms with Crippen LogP contribution in [0.15, 0.2) is 53.4 Å². The lowest BCUT2D eigenvalue weighted by Crippen LogP contribution is -2.32. The largest absolute Gasteiger partial charge is 0.465 e. The molecule has 0 aliphatic carbocycles. The minimum absolute atomic E-state index is 0.0145. The highest BCUT2D eigenvalue weighted by Crippen LogP contribution is 2.11. The molecular weight excluding hydrogens is 380 g/mol. The summed E-state index contributed by atoms with van der Waals surface area (Å²) in [6.07, 6.45) is 0.0435. The molecule has 2 rings (SSSR count). The van der Waals surface area contributed by atoms with Crippen molar-refractivity contribution in [1.29, 1.82) is 0 Å². The van der Waals surface area contributed by atoms with Crippen LogP contribution < -0.4 is 4.72 Å². The third-order valence-electron chi connectivity index (χ3n) is 4.18. The van der Waals surface area contributed by atoms with E-state index in [0.29, 0.717) is 12.1 Å².